The lowest BCUT2D eigenvalue weighted by Crippen LogP contribution is -2.55. The van der Waals surface area contributed by atoms with Crippen molar-refractivity contribution in [1.82, 2.24) is 4.90 Å². The SMILES string of the molecule is C=CCC1(c2ccc(F)cc2)c2c(ccc(F)c2F)NC(=O)N1CC. The summed E-state index contributed by atoms with van der Waals surface area (Å²) < 4.78 is 42.3. The van der Waals surface area contributed by atoms with Crippen LogP contribution in [-0.2, 0) is 5.54 Å². The Labute approximate surface area is 143 Å². The maximum Gasteiger partial charge on any atom is 0.322 e. The van der Waals surface area contributed by atoms with Crippen LogP contribution in [0.2, 0.25) is 0 Å². The molecular weight excluding hydrogens is 329 g/mol. The first-order valence-corrected chi connectivity index (χ1v) is 7.89. The smallest absolute Gasteiger partial charge is 0.310 e. The molecule has 0 saturated carbocycles. The number of halogens is 3. The van der Waals surface area contributed by atoms with Crippen molar-refractivity contribution in [2.45, 2.75) is 18.9 Å². The predicted molar refractivity (Wildman–Crippen MR) is 89.8 cm³/mol. The van der Waals surface area contributed by atoms with E-state index in [0.29, 0.717) is 5.56 Å². The van der Waals surface area contributed by atoms with Gasteiger partial charge >= 0.3 is 6.03 Å². The molecule has 0 aliphatic carbocycles. The van der Waals surface area contributed by atoms with Gasteiger partial charge in [-0.3, -0.25) is 0 Å². The summed E-state index contributed by atoms with van der Waals surface area (Å²) in [5, 5.41) is 2.60. The number of carbonyl (C=O) groups is 1. The average Bonchev–Trinajstić information content (AvgIpc) is 2.59. The van der Waals surface area contributed by atoms with Crippen LogP contribution in [0, 0.1) is 17.5 Å². The second-order valence-electron chi connectivity index (χ2n) is 5.82. The first-order valence-electron chi connectivity index (χ1n) is 7.89. The molecule has 2 aromatic rings. The van der Waals surface area contributed by atoms with Crippen LogP contribution in [0.25, 0.3) is 0 Å². The van der Waals surface area contributed by atoms with Crippen molar-refractivity contribution in [2.24, 2.45) is 0 Å². The lowest BCUT2D eigenvalue weighted by Gasteiger charge is -2.48. The van der Waals surface area contributed by atoms with Crippen molar-refractivity contribution in [3.8, 4) is 0 Å². The minimum atomic E-state index is -1.31. The number of nitrogens with one attached hydrogen (secondary N) is 1. The van der Waals surface area contributed by atoms with Crippen molar-refractivity contribution in [2.75, 3.05) is 11.9 Å². The molecule has 3 rings (SSSR count). The molecule has 3 nitrogen and oxygen atoms in total. The van der Waals surface area contributed by atoms with Gasteiger partial charge in [0.1, 0.15) is 11.4 Å². The average molecular weight is 346 g/mol. The molecule has 2 amide bonds. The maximum atomic E-state index is 14.8. The van der Waals surface area contributed by atoms with Gasteiger partial charge in [-0.15, -0.1) is 6.58 Å². The van der Waals surface area contributed by atoms with Crippen molar-refractivity contribution >= 4 is 11.7 Å². The molecule has 2 aromatic carbocycles. The zero-order valence-electron chi connectivity index (χ0n) is 13.7. The minimum Gasteiger partial charge on any atom is -0.310 e. The summed E-state index contributed by atoms with van der Waals surface area (Å²) in [4.78, 5) is 14.0. The van der Waals surface area contributed by atoms with E-state index in [9.17, 15) is 18.0 Å². The number of urea groups is 1. The zero-order chi connectivity index (χ0) is 18.2. The standard InChI is InChI=1S/C19H17F3N2O/c1-3-11-19(12-5-7-13(20)8-6-12)16-15(10-9-14(21)17(16)22)23-18(25)24(19)4-2/h3,5-10H,1,4,11H2,2H3,(H,23,25). The summed E-state index contributed by atoms with van der Waals surface area (Å²) in [6, 6.07) is 7.29. The summed E-state index contributed by atoms with van der Waals surface area (Å²) in [6.07, 6.45) is 1.69. The zero-order valence-corrected chi connectivity index (χ0v) is 13.7. The van der Waals surface area contributed by atoms with E-state index in [4.69, 9.17) is 0 Å². The maximum absolute atomic E-state index is 14.8. The van der Waals surface area contributed by atoms with Crippen LogP contribution in [-0.4, -0.2) is 17.5 Å². The van der Waals surface area contributed by atoms with Crippen LogP contribution in [0.15, 0.2) is 49.1 Å². The highest BCUT2D eigenvalue weighted by Crippen LogP contribution is 2.47. The van der Waals surface area contributed by atoms with E-state index >= 15 is 0 Å². The highest BCUT2D eigenvalue weighted by molar-refractivity contribution is 5.94. The number of hydrogen-bond donors (Lipinski definition) is 1. The molecule has 1 unspecified atom stereocenters. The summed E-state index contributed by atoms with van der Waals surface area (Å²) in [5.41, 5.74) is -0.620. The van der Waals surface area contributed by atoms with E-state index in [0.717, 1.165) is 6.07 Å². The highest BCUT2D eigenvalue weighted by atomic mass is 19.2. The lowest BCUT2D eigenvalue weighted by molar-refractivity contribution is 0.145. The molecular formula is C19H17F3N2O. The Morgan fingerprint density at radius 2 is 1.84 bits per heavy atom. The summed E-state index contributed by atoms with van der Waals surface area (Å²) in [7, 11) is 0. The van der Waals surface area contributed by atoms with Crippen molar-refractivity contribution in [3.05, 3.63) is 77.6 Å². The van der Waals surface area contributed by atoms with Gasteiger partial charge in [0.2, 0.25) is 0 Å². The molecule has 1 atom stereocenters. The Morgan fingerprint density at radius 3 is 2.44 bits per heavy atom. The second kappa shape index (κ2) is 6.27. The third kappa shape index (κ3) is 2.49. The molecule has 25 heavy (non-hydrogen) atoms. The lowest BCUT2D eigenvalue weighted by atomic mass is 9.76. The summed E-state index contributed by atoms with van der Waals surface area (Å²) in [5.74, 6) is -2.51. The quantitative estimate of drug-likeness (QED) is 0.793. The summed E-state index contributed by atoms with van der Waals surface area (Å²) in [6.45, 7) is 5.69. The first kappa shape index (κ1) is 17.1. The van der Waals surface area contributed by atoms with Crippen molar-refractivity contribution in [1.29, 1.82) is 0 Å². The normalized spacial score (nSPS) is 19.4. The number of fused-ring (bicyclic) bond motifs is 1. The second-order valence-corrected chi connectivity index (χ2v) is 5.82. The number of nitrogens with zero attached hydrogens (tertiary/aromatic N) is 1. The Morgan fingerprint density at radius 1 is 1.16 bits per heavy atom. The van der Waals surface area contributed by atoms with Crippen LogP contribution in [0.4, 0.5) is 23.7 Å². The van der Waals surface area contributed by atoms with Gasteiger partial charge in [-0.2, -0.15) is 0 Å². The van der Waals surface area contributed by atoms with E-state index in [1.165, 1.54) is 35.2 Å². The van der Waals surface area contributed by atoms with Gasteiger partial charge in [0.15, 0.2) is 11.6 Å². The molecule has 0 fully saturated rings. The van der Waals surface area contributed by atoms with Gasteiger partial charge in [0.05, 0.1) is 5.69 Å². The third-order valence-corrected chi connectivity index (χ3v) is 4.53. The monoisotopic (exact) mass is 346 g/mol. The topological polar surface area (TPSA) is 32.3 Å². The Hall–Kier alpha value is -2.76. The van der Waals surface area contributed by atoms with E-state index in [2.05, 4.69) is 11.9 Å². The fourth-order valence-electron chi connectivity index (χ4n) is 3.53. The van der Waals surface area contributed by atoms with E-state index < -0.39 is 29.0 Å². The van der Waals surface area contributed by atoms with Gasteiger partial charge < -0.3 is 10.2 Å². The molecule has 130 valence electrons. The summed E-state index contributed by atoms with van der Waals surface area (Å²) >= 11 is 0. The van der Waals surface area contributed by atoms with E-state index in [-0.39, 0.29) is 24.2 Å². The Kier molecular flexibility index (Phi) is 4.29. The molecule has 1 heterocycles. The van der Waals surface area contributed by atoms with Gasteiger partial charge in [-0.25, -0.2) is 18.0 Å². The van der Waals surface area contributed by atoms with Crippen LogP contribution in [0.3, 0.4) is 0 Å². The van der Waals surface area contributed by atoms with Gasteiger partial charge in [-0.1, -0.05) is 18.2 Å². The van der Waals surface area contributed by atoms with Crippen molar-refractivity contribution < 1.29 is 18.0 Å². The molecule has 6 heteroatoms. The largest absolute Gasteiger partial charge is 0.322 e. The fourth-order valence-corrected chi connectivity index (χ4v) is 3.53. The van der Waals surface area contributed by atoms with Crippen LogP contribution in [0.1, 0.15) is 24.5 Å². The fraction of sp³-hybridized carbons (Fsp3) is 0.211. The number of carbonyl (C=O) groups excluding carboxylic acids is 1. The third-order valence-electron chi connectivity index (χ3n) is 4.53. The molecule has 1 N–H and O–H groups in total. The molecule has 1 aliphatic heterocycles. The molecule has 0 radical (unpaired) electrons. The number of hydrogen-bond acceptors (Lipinski definition) is 1. The van der Waals surface area contributed by atoms with Gasteiger partial charge in [-0.05, 0) is 43.2 Å². The predicted octanol–water partition coefficient (Wildman–Crippen LogP) is 4.79. The number of rotatable bonds is 4. The van der Waals surface area contributed by atoms with E-state index in [1.807, 2.05) is 0 Å². The number of anilines is 1. The number of amides is 2. The molecule has 0 bridgehead atoms. The molecule has 0 saturated heterocycles. The van der Waals surface area contributed by atoms with Gasteiger partial charge in [0, 0.05) is 12.1 Å². The van der Waals surface area contributed by atoms with Crippen molar-refractivity contribution in [3.63, 3.8) is 0 Å². The van der Waals surface area contributed by atoms with Crippen LogP contribution in [0.5, 0.6) is 0 Å². The number of benzene rings is 2. The highest BCUT2D eigenvalue weighted by Gasteiger charge is 2.48. The Bertz CT molecular complexity index is 835. The van der Waals surface area contributed by atoms with Crippen LogP contribution < -0.4 is 5.32 Å². The first-order chi connectivity index (χ1) is 12.0. The molecule has 1 aliphatic rings. The molecule has 0 aromatic heterocycles. The molecule has 0 spiro atoms. The Balaban J connectivity index is 2.41. The van der Waals surface area contributed by atoms with Gasteiger partial charge in [0.25, 0.3) is 0 Å². The van der Waals surface area contributed by atoms with Crippen LogP contribution >= 0.6 is 0 Å². The van der Waals surface area contributed by atoms with E-state index in [1.54, 1.807) is 13.0 Å². The minimum absolute atomic E-state index is 0.0143.